The van der Waals surface area contributed by atoms with Gasteiger partial charge in [-0.15, -0.1) is 0 Å². The number of aromatic nitrogens is 2. The summed E-state index contributed by atoms with van der Waals surface area (Å²) in [5.41, 5.74) is 4.62. The summed E-state index contributed by atoms with van der Waals surface area (Å²) in [6, 6.07) is 13.5. The maximum absolute atomic E-state index is 12.5. The van der Waals surface area contributed by atoms with Gasteiger partial charge in [0.25, 0.3) is 11.5 Å². The van der Waals surface area contributed by atoms with Crippen LogP contribution >= 0.6 is 0 Å². The summed E-state index contributed by atoms with van der Waals surface area (Å²) in [7, 11) is 0. The van der Waals surface area contributed by atoms with E-state index in [1.807, 2.05) is 19.1 Å². The smallest absolute Gasteiger partial charge is 0.272 e. The minimum absolute atomic E-state index is 0.0901. The average molecular weight is 349 g/mol. The van der Waals surface area contributed by atoms with Crippen molar-refractivity contribution in [2.75, 3.05) is 0 Å². The van der Waals surface area contributed by atoms with Crippen molar-refractivity contribution >= 4 is 16.9 Å². The monoisotopic (exact) mass is 349 g/mol. The predicted molar refractivity (Wildman–Crippen MR) is 103 cm³/mol. The van der Waals surface area contributed by atoms with Gasteiger partial charge >= 0.3 is 0 Å². The third kappa shape index (κ3) is 3.52. The van der Waals surface area contributed by atoms with Crippen molar-refractivity contribution in [1.29, 1.82) is 0 Å². The van der Waals surface area contributed by atoms with Crippen molar-refractivity contribution < 1.29 is 4.79 Å². The Hall–Kier alpha value is -2.95. The molecule has 0 fully saturated rings. The Morgan fingerprint density at radius 1 is 1.08 bits per heavy atom. The normalized spacial score (nSPS) is 10.9. The lowest BCUT2D eigenvalue weighted by Crippen LogP contribution is -2.25. The quantitative estimate of drug-likeness (QED) is 0.769. The molecule has 5 heteroatoms. The fourth-order valence-corrected chi connectivity index (χ4v) is 3.01. The zero-order chi connectivity index (χ0) is 18.7. The third-order valence-electron chi connectivity index (χ3n) is 4.57. The van der Waals surface area contributed by atoms with Gasteiger partial charge in [-0.1, -0.05) is 31.2 Å². The summed E-state index contributed by atoms with van der Waals surface area (Å²) in [6.07, 6.45) is 0.999. The third-order valence-corrected chi connectivity index (χ3v) is 4.57. The molecule has 3 aromatic rings. The molecule has 2 aromatic carbocycles. The van der Waals surface area contributed by atoms with E-state index >= 15 is 0 Å². The van der Waals surface area contributed by atoms with Crippen LogP contribution in [0.5, 0.6) is 0 Å². The summed E-state index contributed by atoms with van der Waals surface area (Å²) >= 11 is 0. The molecule has 0 bridgehead atoms. The Balaban J connectivity index is 1.82. The molecule has 0 saturated carbocycles. The van der Waals surface area contributed by atoms with E-state index in [4.69, 9.17) is 0 Å². The lowest BCUT2D eigenvalue weighted by Gasteiger charge is -2.10. The number of carbonyl (C=O) groups is 1. The number of hydrogen-bond acceptors (Lipinski definition) is 3. The fourth-order valence-electron chi connectivity index (χ4n) is 3.01. The number of benzene rings is 2. The molecule has 0 radical (unpaired) electrons. The highest BCUT2D eigenvalue weighted by atomic mass is 16.1. The number of fused-ring (bicyclic) bond motifs is 1. The van der Waals surface area contributed by atoms with Gasteiger partial charge in [-0.3, -0.25) is 9.59 Å². The number of amides is 1. The van der Waals surface area contributed by atoms with Gasteiger partial charge in [0.15, 0.2) is 0 Å². The van der Waals surface area contributed by atoms with Crippen LogP contribution in [0, 0.1) is 6.92 Å². The van der Waals surface area contributed by atoms with Crippen LogP contribution in [-0.4, -0.2) is 15.5 Å². The Morgan fingerprint density at radius 3 is 2.42 bits per heavy atom. The molecule has 134 valence electrons. The number of nitrogens with zero attached hydrogens (tertiary/aromatic N) is 2. The lowest BCUT2D eigenvalue weighted by atomic mass is 10.1. The highest BCUT2D eigenvalue weighted by Gasteiger charge is 2.11. The second-order valence-electron chi connectivity index (χ2n) is 6.30. The van der Waals surface area contributed by atoms with Gasteiger partial charge in [0, 0.05) is 18.7 Å². The van der Waals surface area contributed by atoms with E-state index in [2.05, 4.69) is 29.4 Å². The molecule has 0 aliphatic carbocycles. The van der Waals surface area contributed by atoms with Gasteiger partial charge < -0.3 is 9.88 Å². The SMILES string of the molecule is CCc1ccc(CNC(=O)c2ccc3c(c2)nc(C)c(=O)n3CC)cc1. The van der Waals surface area contributed by atoms with Gasteiger partial charge in [-0.2, -0.15) is 0 Å². The van der Waals surface area contributed by atoms with Crippen molar-refractivity contribution in [3.63, 3.8) is 0 Å². The van der Waals surface area contributed by atoms with E-state index in [9.17, 15) is 9.59 Å². The first-order valence-corrected chi connectivity index (χ1v) is 8.90. The fraction of sp³-hybridized carbons (Fsp3) is 0.286. The first-order chi connectivity index (χ1) is 12.5. The van der Waals surface area contributed by atoms with Gasteiger partial charge in [0.2, 0.25) is 0 Å². The largest absolute Gasteiger partial charge is 0.348 e. The van der Waals surface area contributed by atoms with Gasteiger partial charge in [0.1, 0.15) is 5.69 Å². The van der Waals surface area contributed by atoms with Crippen LogP contribution in [0.25, 0.3) is 11.0 Å². The second-order valence-corrected chi connectivity index (χ2v) is 6.30. The second kappa shape index (κ2) is 7.52. The first kappa shape index (κ1) is 17.9. The molecular formula is C21H23N3O2. The van der Waals surface area contributed by atoms with E-state index in [0.29, 0.717) is 29.9 Å². The van der Waals surface area contributed by atoms with Crippen LogP contribution in [0.4, 0.5) is 0 Å². The molecule has 0 spiro atoms. The highest BCUT2D eigenvalue weighted by molar-refractivity contribution is 5.97. The van der Waals surface area contributed by atoms with Crippen molar-refractivity contribution in [1.82, 2.24) is 14.9 Å². The van der Waals surface area contributed by atoms with Crippen molar-refractivity contribution in [3.05, 3.63) is 75.2 Å². The Labute approximate surface area is 152 Å². The van der Waals surface area contributed by atoms with Crippen molar-refractivity contribution in [2.45, 2.75) is 40.3 Å². The Morgan fingerprint density at radius 2 is 1.77 bits per heavy atom. The summed E-state index contributed by atoms with van der Waals surface area (Å²) in [5.74, 6) is -0.153. The molecule has 1 heterocycles. The van der Waals surface area contributed by atoms with Crippen LogP contribution in [-0.2, 0) is 19.5 Å². The minimum Gasteiger partial charge on any atom is -0.348 e. The molecule has 0 aliphatic heterocycles. The number of rotatable bonds is 5. The molecule has 0 atom stereocenters. The molecule has 5 nitrogen and oxygen atoms in total. The molecule has 1 N–H and O–H groups in total. The molecule has 1 amide bonds. The first-order valence-electron chi connectivity index (χ1n) is 8.90. The molecule has 0 saturated heterocycles. The molecule has 0 unspecified atom stereocenters. The number of nitrogens with one attached hydrogen (secondary N) is 1. The molecular weight excluding hydrogens is 326 g/mol. The van der Waals surface area contributed by atoms with Crippen LogP contribution in [0.15, 0.2) is 47.3 Å². The summed E-state index contributed by atoms with van der Waals surface area (Å²) in [4.78, 5) is 29.0. The number of aryl methyl sites for hydroxylation is 3. The number of hydrogen-bond donors (Lipinski definition) is 1. The van der Waals surface area contributed by atoms with E-state index < -0.39 is 0 Å². The topological polar surface area (TPSA) is 64.0 Å². The van der Waals surface area contributed by atoms with E-state index in [0.717, 1.165) is 17.5 Å². The lowest BCUT2D eigenvalue weighted by molar-refractivity contribution is 0.0951. The molecule has 0 aliphatic rings. The van der Waals surface area contributed by atoms with E-state index in [1.165, 1.54) is 5.56 Å². The predicted octanol–water partition coefficient (Wildman–Crippen LogP) is 3.22. The summed E-state index contributed by atoms with van der Waals surface area (Å²) < 4.78 is 1.68. The standard InChI is InChI=1S/C21H23N3O2/c1-4-15-6-8-16(9-7-15)13-22-20(25)17-10-11-19-18(12-17)23-14(3)21(26)24(19)5-2/h6-12H,4-5,13H2,1-3H3,(H,22,25). The van der Waals surface area contributed by atoms with Gasteiger partial charge in [-0.25, -0.2) is 4.98 Å². The molecule has 26 heavy (non-hydrogen) atoms. The van der Waals surface area contributed by atoms with Gasteiger partial charge in [-0.05, 0) is 49.6 Å². The average Bonchev–Trinajstić information content (AvgIpc) is 2.67. The Kier molecular flexibility index (Phi) is 5.16. The summed E-state index contributed by atoms with van der Waals surface area (Å²) in [5, 5.41) is 2.94. The summed E-state index contributed by atoms with van der Waals surface area (Å²) in [6.45, 7) is 6.77. The maximum atomic E-state index is 12.5. The van der Waals surface area contributed by atoms with Crippen LogP contribution in [0.2, 0.25) is 0 Å². The molecule has 1 aromatic heterocycles. The Bertz CT molecular complexity index is 1000. The highest BCUT2D eigenvalue weighted by Crippen LogP contribution is 2.14. The number of carbonyl (C=O) groups excluding carboxylic acids is 1. The zero-order valence-electron chi connectivity index (χ0n) is 15.4. The van der Waals surface area contributed by atoms with Crippen molar-refractivity contribution in [3.8, 4) is 0 Å². The van der Waals surface area contributed by atoms with Crippen molar-refractivity contribution in [2.24, 2.45) is 0 Å². The van der Waals surface area contributed by atoms with Crippen LogP contribution in [0.1, 0.15) is 41.0 Å². The van der Waals surface area contributed by atoms with E-state index in [-0.39, 0.29) is 11.5 Å². The van der Waals surface area contributed by atoms with Crippen LogP contribution < -0.4 is 10.9 Å². The van der Waals surface area contributed by atoms with Gasteiger partial charge in [0.05, 0.1) is 11.0 Å². The maximum Gasteiger partial charge on any atom is 0.272 e. The minimum atomic E-state index is -0.153. The zero-order valence-corrected chi connectivity index (χ0v) is 15.4. The van der Waals surface area contributed by atoms with Crippen LogP contribution in [0.3, 0.4) is 0 Å². The van der Waals surface area contributed by atoms with E-state index in [1.54, 1.807) is 29.7 Å². The molecule has 3 rings (SSSR count).